The highest BCUT2D eigenvalue weighted by Crippen LogP contribution is 2.40. The van der Waals surface area contributed by atoms with Crippen molar-refractivity contribution in [1.82, 2.24) is 14.1 Å². The number of nitrogens with zero attached hydrogens (tertiary/aromatic N) is 3. The topological polar surface area (TPSA) is 22.8 Å². The second-order valence-electron chi connectivity index (χ2n) is 10.9. The first-order chi connectivity index (χ1) is 20.8. The molecule has 0 aliphatic carbocycles. The van der Waals surface area contributed by atoms with Crippen molar-refractivity contribution in [2.75, 3.05) is 0 Å². The molecule has 0 unspecified atom stereocenters. The van der Waals surface area contributed by atoms with E-state index in [2.05, 4.69) is 154 Å². The van der Waals surface area contributed by atoms with Crippen LogP contribution in [0, 0.1) is 0 Å². The summed E-state index contributed by atoms with van der Waals surface area (Å²) in [6.45, 7) is 0. The summed E-state index contributed by atoms with van der Waals surface area (Å²) < 4.78 is 4.74. The van der Waals surface area contributed by atoms with Gasteiger partial charge in [0.1, 0.15) is 0 Å². The number of hydrogen-bond acceptors (Lipinski definition) is 1. The van der Waals surface area contributed by atoms with Gasteiger partial charge in [-0.1, -0.05) is 91.0 Å². The highest BCUT2D eigenvalue weighted by atomic mass is 15.0. The van der Waals surface area contributed by atoms with Crippen molar-refractivity contribution in [2.24, 2.45) is 0 Å². The summed E-state index contributed by atoms with van der Waals surface area (Å²) in [5, 5.41) is 8.67. The zero-order chi connectivity index (χ0) is 27.6. The minimum atomic E-state index is 1.14. The third-order valence-electron chi connectivity index (χ3n) is 8.61. The van der Waals surface area contributed by atoms with Crippen molar-refractivity contribution in [2.45, 2.75) is 0 Å². The molecule has 3 aromatic heterocycles. The van der Waals surface area contributed by atoms with Crippen LogP contribution in [-0.4, -0.2) is 14.1 Å². The molecule has 0 amide bonds. The Bertz CT molecular complexity index is 2440. The number of fused-ring (bicyclic) bond motifs is 8. The van der Waals surface area contributed by atoms with Crippen molar-refractivity contribution in [3.05, 3.63) is 152 Å². The average molecular weight is 536 g/mol. The molecule has 0 atom stereocenters. The van der Waals surface area contributed by atoms with E-state index in [1.807, 2.05) is 12.4 Å². The van der Waals surface area contributed by atoms with Gasteiger partial charge in [0, 0.05) is 62.5 Å². The van der Waals surface area contributed by atoms with Gasteiger partial charge in [0.2, 0.25) is 0 Å². The van der Waals surface area contributed by atoms with Gasteiger partial charge in [-0.15, -0.1) is 0 Å². The van der Waals surface area contributed by atoms with Gasteiger partial charge in [0.15, 0.2) is 0 Å². The molecule has 3 nitrogen and oxygen atoms in total. The number of aromatic nitrogens is 3. The molecule has 196 valence electrons. The predicted molar refractivity (Wildman–Crippen MR) is 176 cm³/mol. The molecule has 0 bridgehead atoms. The van der Waals surface area contributed by atoms with Gasteiger partial charge >= 0.3 is 0 Å². The highest BCUT2D eigenvalue weighted by Gasteiger charge is 2.18. The molecular weight excluding hydrogens is 510 g/mol. The molecule has 42 heavy (non-hydrogen) atoms. The smallest absolute Gasteiger partial charge is 0.0613 e. The predicted octanol–water partition coefficient (Wildman–Crippen LogP) is 10.1. The second-order valence-corrected chi connectivity index (χ2v) is 10.9. The molecule has 0 radical (unpaired) electrons. The zero-order valence-corrected chi connectivity index (χ0v) is 22.8. The number of para-hydroxylation sites is 2. The first-order valence-corrected chi connectivity index (χ1v) is 14.3. The fraction of sp³-hybridized carbons (Fsp3) is 0. The monoisotopic (exact) mass is 535 g/mol. The van der Waals surface area contributed by atoms with Crippen LogP contribution < -0.4 is 0 Å². The standard InChI is InChI=1S/C39H25N3/c1-2-9-31(10-3-1)42-35-13-7-6-12-33(35)38-36(42)21-18-27-14-15-28-22-23-41(39(28)37(27)38)30-19-16-26(17-20-30)34-25-40-24-29-8-4-5-11-32(29)34/h1-25H. The third-order valence-corrected chi connectivity index (χ3v) is 8.61. The molecule has 3 heterocycles. The molecule has 0 N–H and O–H groups in total. The van der Waals surface area contributed by atoms with E-state index < -0.39 is 0 Å². The van der Waals surface area contributed by atoms with E-state index in [0.29, 0.717) is 0 Å². The van der Waals surface area contributed by atoms with E-state index in [-0.39, 0.29) is 0 Å². The van der Waals surface area contributed by atoms with Crippen LogP contribution in [0.4, 0.5) is 0 Å². The fourth-order valence-corrected chi connectivity index (χ4v) is 6.72. The minimum Gasteiger partial charge on any atom is -0.316 e. The summed E-state index contributed by atoms with van der Waals surface area (Å²) in [6.07, 6.45) is 6.10. The van der Waals surface area contributed by atoms with Crippen LogP contribution in [0.1, 0.15) is 0 Å². The van der Waals surface area contributed by atoms with E-state index in [1.54, 1.807) is 0 Å². The second kappa shape index (κ2) is 8.92. The Morgan fingerprint density at radius 3 is 2.07 bits per heavy atom. The molecule has 0 saturated carbocycles. The van der Waals surface area contributed by atoms with Crippen LogP contribution in [0.15, 0.2) is 152 Å². The molecular formula is C39H25N3. The molecule has 3 heteroatoms. The number of rotatable bonds is 3. The van der Waals surface area contributed by atoms with E-state index in [4.69, 9.17) is 0 Å². The zero-order valence-electron chi connectivity index (χ0n) is 22.8. The number of hydrogen-bond donors (Lipinski definition) is 0. The van der Waals surface area contributed by atoms with Crippen molar-refractivity contribution in [3.63, 3.8) is 0 Å². The maximum absolute atomic E-state index is 4.51. The Morgan fingerprint density at radius 2 is 1.19 bits per heavy atom. The lowest BCUT2D eigenvalue weighted by molar-refractivity contribution is 1.13. The molecule has 0 saturated heterocycles. The van der Waals surface area contributed by atoms with Crippen LogP contribution in [-0.2, 0) is 0 Å². The van der Waals surface area contributed by atoms with Gasteiger partial charge in [-0.05, 0) is 58.8 Å². The minimum absolute atomic E-state index is 1.14. The SMILES string of the molecule is c1ccc(-n2c3ccccc3c3c4c(ccc5ccn(-c6ccc(-c7cncc8ccccc78)cc6)c54)ccc32)cc1. The van der Waals surface area contributed by atoms with Crippen LogP contribution in [0.25, 0.3) is 76.8 Å². The maximum Gasteiger partial charge on any atom is 0.0613 e. The lowest BCUT2D eigenvalue weighted by atomic mass is 10.0. The summed E-state index contributed by atoms with van der Waals surface area (Å²) >= 11 is 0. The van der Waals surface area contributed by atoms with Crippen molar-refractivity contribution < 1.29 is 0 Å². The number of benzene rings is 6. The van der Waals surface area contributed by atoms with Crippen molar-refractivity contribution in [1.29, 1.82) is 0 Å². The van der Waals surface area contributed by atoms with Gasteiger partial charge in [0.05, 0.1) is 16.6 Å². The Kier molecular flexibility index (Phi) is 4.90. The number of pyridine rings is 1. The highest BCUT2D eigenvalue weighted by molar-refractivity contribution is 6.27. The average Bonchev–Trinajstić information content (AvgIpc) is 3.65. The molecule has 0 fully saturated rings. The Labute approximate surface area is 242 Å². The van der Waals surface area contributed by atoms with Crippen molar-refractivity contribution in [3.8, 4) is 22.5 Å². The Hall–Kier alpha value is -5.67. The van der Waals surface area contributed by atoms with Gasteiger partial charge in [-0.25, -0.2) is 0 Å². The van der Waals surface area contributed by atoms with Crippen molar-refractivity contribution >= 4 is 54.3 Å². The van der Waals surface area contributed by atoms with E-state index in [9.17, 15) is 0 Å². The van der Waals surface area contributed by atoms with Gasteiger partial charge < -0.3 is 9.13 Å². The summed E-state index contributed by atoms with van der Waals surface area (Å²) in [4.78, 5) is 4.51. The molecule has 6 aromatic carbocycles. The van der Waals surface area contributed by atoms with E-state index in [1.165, 1.54) is 54.6 Å². The Morgan fingerprint density at radius 1 is 0.452 bits per heavy atom. The molecule has 0 aliphatic heterocycles. The lowest BCUT2D eigenvalue weighted by Crippen LogP contribution is -1.94. The first kappa shape index (κ1) is 23.1. The lowest BCUT2D eigenvalue weighted by Gasteiger charge is -2.12. The van der Waals surface area contributed by atoms with Gasteiger partial charge in [0.25, 0.3) is 0 Å². The van der Waals surface area contributed by atoms with Crippen LogP contribution >= 0.6 is 0 Å². The quantitative estimate of drug-likeness (QED) is 0.221. The first-order valence-electron chi connectivity index (χ1n) is 14.3. The van der Waals surface area contributed by atoms with Gasteiger partial charge in [-0.3, -0.25) is 4.98 Å². The summed E-state index contributed by atoms with van der Waals surface area (Å²) in [5.41, 5.74) is 8.29. The van der Waals surface area contributed by atoms with Crippen LogP contribution in [0.3, 0.4) is 0 Å². The third kappa shape index (κ3) is 3.31. The van der Waals surface area contributed by atoms with Crippen LogP contribution in [0.5, 0.6) is 0 Å². The largest absolute Gasteiger partial charge is 0.316 e. The summed E-state index contributed by atoms with van der Waals surface area (Å²) in [6, 6.07) is 48.0. The molecule has 9 aromatic rings. The Balaban J connectivity index is 1.31. The molecule has 9 rings (SSSR count). The van der Waals surface area contributed by atoms with Gasteiger partial charge in [-0.2, -0.15) is 0 Å². The summed E-state index contributed by atoms with van der Waals surface area (Å²) in [7, 11) is 0. The summed E-state index contributed by atoms with van der Waals surface area (Å²) in [5.74, 6) is 0. The van der Waals surface area contributed by atoms with E-state index in [0.717, 1.165) is 22.2 Å². The molecule has 0 aliphatic rings. The normalized spacial score (nSPS) is 11.8. The maximum atomic E-state index is 4.51. The molecule has 0 spiro atoms. The van der Waals surface area contributed by atoms with E-state index >= 15 is 0 Å². The fourth-order valence-electron chi connectivity index (χ4n) is 6.72. The van der Waals surface area contributed by atoms with Crippen LogP contribution in [0.2, 0.25) is 0 Å².